The first kappa shape index (κ1) is 26.0. The monoisotopic (exact) mass is 526 g/mol. The van der Waals surface area contributed by atoms with Crippen LogP contribution in [-0.2, 0) is 4.84 Å². The second-order valence-corrected chi connectivity index (χ2v) is 8.65. The normalized spacial score (nSPS) is 19.0. The number of alkyl halides is 6. The van der Waals surface area contributed by atoms with E-state index in [0.29, 0.717) is 0 Å². The van der Waals surface area contributed by atoms with Gasteiger partial charge in [-0.25, -0.2) is 14.0 Å². The molecule has 0 N–H and O–H groups in total. The van der Waals surface area contributed by atoms with Crippen LogP contribution in [-0.4, -0.2) is 70.5 Å². The molecule has 15 heteroatoms. The second-order valence-electron chi connectivity index (χ2n) is 8.65. The number of carbonyl (C=O) groups excluding carboxylic acids is 2. The molecule has 0 saturated carbocycles. The third-order valence-corrected chi connectivity index (χ3v) is 6.32. The molecule has 4 rings (SSSR count). The van der Waals surface area contributed by atoms with Crippen LogP contribution >= 0.6 is 0 Å². The van der Waals surface area contributed by atoms with Gasteiger partial charge in [-0.1, -0.05) is 0 Å². The molecule has 1 amide bonds. The van der Waals surface area contributed by atoms with E-state index in [1.165, 1.54) is 6.07 Å². The maximum absolute atomic E-state index is 13.9. The summed E-state index contributed by atoms with van der Waals surface area (Å²) in [7, 11) is 0. The number of amides is 1. The molecule has 2 fully saturated rings. The maximum Gasteiger partial charge on any atom is 0.534 e. The highest BCUT2D eigenvalue weighted by Crippen LogP contribution is 2.36. The summed E-state index contributed by atoms with van der Waals surface area (Å²) in [5.41, 5.74) is -0.0910. The highest BCUT2D eigenvalue weighted by molar-refractivity contribution is 5.94. The Morgan fingerprint density at radius 1 is 0.889 bits per heavy atom. The fraction of sp³-hybridized carbons (Fsp3) is 0.571. The van der Waals surface area contributed by atoms with E-state index in [1.807, 2.05) is 0 Å². The maximum atomic E-state index is 13.9. The molecule has 0 bridgehead atoms. The van der Waals surface area contributed by atoms with Crippen molar-refractivity contribution in [3.8, 4) is 5.88 Å². The van der Waals surface area contributed by atoms with Crippen molar-refractivity contribution in [2.24, 2.45) is 11.8 Å². The lowest BCUT2D eigenvalue weighted by Gasteiger charge is -2.32. The first-order chi connectivity index (χ1) is 16.8. The first-order valence-electron chi connectivity index (χ1n) is 11.1. The molecule has 0 spiro atoms. The summed E-state index contributed by atoms with van der Waals surface area (Å²) < 4.78 is 96.9. The van der Waals surface area contributed by atoms with E-state index in [0.717, 1.165) is 26.8 Å². The Bertz CT molecular complexity index is 1120. The SMILES string of the molecule is O=C(Oc1nn(C(=O)N2CCC(C(F)(F)F)CC2)c2cc(F)ccc12)ON1CCC(C(F)(F)F)CC1. The summed E-state index contributed by atoms with van der Waals surface area (Å²) in [6, 6.07) is 2.33. The highest BCUT2D eigenvalue weighted by atomic mass is 19.4. The summed E-state index contributed by atoms with van der Waals surface area (Å²) in [4.78, 5) is 31.3. The summed E-state index contributed by atoms with van der Waals surface area (Å²) in [6.07, 6.45) is -11.2. The average molecular weight is 526 g/mol. The van der Waals surface area contributed by atoms with Crippen molar-refractivity contribution in [1.29, 1.82) is 0 Å². The topological polar surface area (TPSA) is 76.9 Å². The number of fused-ring (bicyclic) bond motifs is 1. The van der Waals surface area contributed by atoms with Gasteiger partial charge in [0.1, 0.15) is 5.82 Å². The van der Waals surface area contributed by atoms with Crippen LogP contribution in [0, 0.1) is 17.7 Å². The van der Waals surface area contributed by atoms with Crippen LogP contribution in [0.5, 0.6) is 5.88 Å². The number of piperidine rings is 2. The van der Waals surface area contributed by atoms with Crippen LogP contribution in [0.25, 0.3) is 10.9 Å². The van der Waals surface area contributed by atoms with Crippen LogP contribution in [0.15, 0.2) is 18.2 Å². The molecule has 2 aliphatic rings. The van der Waals surface area contributed by atoms with Crippen LogP contribution in [0.2, 0.25) is 0 Å². The molecule has 1 aromatic carbocycles. The Hall–Kier alpha value is -3.10. The molecule has 2 saturated heterocycles. The van der Waals surface area contributed by atoms with Gasteiger partial charge in [-0.05, 0) is 37.8 Å². The number of aromatic nitrogens is 2. The van der Waals surface area contributed by atoms with E-state index in [4.69, 9.17) is 9.57 Å². The zero-order chi connectivity index (χ0) is 26.3. The van der Waals surface area contributed by atoms with Crippen molar-refractivity contribution >= 4 is 23.1 Å². The molecule has 198 valence electrons. The van der Waals surface area contributed by atoms with E-state index < -0.39 is 48.1 Å². The van der Waals surface area contributed by atoms with E-state index >= 15 is 0 Å². The van der Waals surface area contributed by atoms with E-state index in [1.54, 1.807) is 0 Å². The van der Waals surface area contributed by atoms with Crippen molar-refractivity contribution in [2.75, 3.05) is 26.2 Å². The summed E-state index contributed by atoms with van der Waals surface area (Å²) in [5, 5.41) is 4.95. The van der Waals surface area contributed by atoms with Crippen molar-refractivity contribution < 1.29 is 49.9 Å². The minimum Gasteiger partial charge on any atom is -0.372 e. The molecule has 3 heterocycles. The Kier molecular flexibility index (Phi) is 7.03. The molecular formula is C21H21F7N4O4. The highest BCUT2D eigenvalue weighted by Gasteiger charge is 2.43. The molecule has 0 atom stereocenters. The van der Waals surface area contributed by atoms with Gasteiger partial charge in [0.15, 0.2) is 0 Å². The van der Waals surface area contributed by atoms with Gasteiger partial charge in [-0.2, -0.15) is 31.0 Å². The molecule has 1 aromatic heterocycles. The Balaban J connectivity index is 1.45. The molecule has 0 unspecified atom stereocenters. The number of ether oxygens (including phenoxy) is 1. The van der Waals surface area contributed by atoms with Gasteiger partial charge in [0.25, 0.3) is 5.88 Å². The summed E-state index contributed by atoms with van der Waals surface area (Å²) in [5.74, 6) is -4.22. The largest absolute Gasteiger partial charge is 0.534 e. The molecule has 2 aromatic rings. The number of hydrogen-bond donors (Lipinski definition) is 0. The van der Waals surface area contributed by atoms with Gasteiger partial charge >= 0.3 is 24.5 Å². The average Bonchev–Trinajstić information content (AvgIpc) is 3.15. The number of benzene rings is 1. The van der Waals surface area contributed by atoms with E-state index in [9.17, 15) is 40.3 Å². The number of halogens is 7. The van der Waals surface area contributed by atoms with Gasteiger partial charge in [-0.15, -0.1) is 10.2 Å². The van der Waals surface area contributed by atoms with Crippen molar-refractivity contribution in [1.82, 2.24) is 19.7 Å². The standard InChI is InChI=1S/C21H21F7N4O4/c22-14-1-2-15-16(11-14)32(18(33)30-7-3-12(4-8-30)20(23,24)25)29-17(15)35-19(34)36-31-9-5-13(6-10-31)21(26,27)28/h1-2,11-13H,3-10H2. The van der Waals surface area contributed by atoms with Crippen LogP contribution < -0.4 is 4.74 Å². The second kappa shape index (κ2) is 9.75. The van der Waals surface area contributed by atoms with Crippen LogP contribution in [0.4, 0.5) is 40.3 Å². The van der Waals surface area contributed by atoms with Gasteiger partial charge < -0.3 is 14.5 Å². The van der Waals surface area contributed by atoms with Gasteiger partial charge in [0.05, 0.1) is 22.7 Å². The minimum atomic E-state index is -4.37. The molecule has 8 nitrogen and oxygen atoms in total. The predicted molar refractivity (Wildman–Crippen MR) is 108 cm³/mol. The third kappa shape index (κ3) is 5.65. The molecule has 0 radical (unpaired) electrons. The van der Waals surface area contributed by atoms with E-state index in [-0.39, 0.29) is 62.8 Å². The minimum absolute atomic E-state index is 0.0441. The zero-order valence-corrected chi connectivity index (χ0v) is 18.6. The van der Waals surface area contributed by atoms with Crippen LogP contribution in [0.1, 0.15) is 25.7 Å². The quantitative estimate of drug-likeness (QED) is 0.399. The fourth-order valence-corrected chi connectivity index (χ4v) is 4.29. The predicted octanol–water partition coefficient (Wildman–Crippen LogP) is 5.12. The molecule has 2 aliphatic heterocycles. The van der Waals surface area contributed by atoms with Gasteiger partial charge in [0.2, 0.25) is 0 Å². The lowest BCUT2D eigenvalue weighted by molar-refractivity contribution is -0.207. The van der Waals surface area contributed by atoms with Crippen molar-refractivity contribution in [3.05, 3.63) is 24.0 Å². The molecular weight excluding hydrogens is 505 g/mol. The number of nitrogens with zero attached hydrogens (tertiary/aromatic N) is 4. The van der Waals surface area contributed by atoms with Crippen molar-refractivity contribution in [2.45, 2.75) is 38.0 Å². The van der Waals surface area contributed by atoms with Gasteiger partial charge in [-0.3, -0.25) is 0 Å². The van der Waals surface area contributed by atoms with Gasteiger partial charge in [0, 0.05) is 32.2 Å². The number of likely N-dealkylation sites (tertiary alicyclic amines) is 1. The number of carbonyl (C=O) groups is 2. The number of hydrogen-bond acceptors (Lipinski definition) is 6. The van der Waals surface area contributed by atoms with Crippen molar-refractivity contribution in [3.63, 3.8) is 0 Å². The number of hydroxylamine groups is 2. The third-order valence-electron chi connectivity index (χ3n) is 6.32. The summed E-state index contributed by atoms with van der Waals surface area (Å²) >= 11 is 0. The summed E-state index contributed by atoms with van der Waals surface area (Å²) in [6.45, 7) is -0.754. The molecule has 36 heavy (non-hydrogen) atoms. The lowest BCUT2D eigenvalue weighted by atomic mass is 9.96. The Morgan fingerprint density at radius 3 is 2.00 bits per heavy atom. The smallest absolute Gasteiger partial charge is 0.372 e. The first-order valence-corrected chi connectivity index (χ1v) is 11.1. The number of rotatable bonds is 2. The Morgan fingerprint density at radius 2 is 1.44 bits per heavy atom. The Labute approximate surface area is 199 Å². The van der Waals surface area contributed by atoms with Crippen LogP contribution in [0.3, 0.4) is 0 Å². The fourth-order valence-electron chi connectivity index (χ4n) is 4.29. The lowest BCUT2D eigenvalue weighted by Crippen LogP contribution is -2.44. The molecule has 0 aliphatic carbocycles. The zero-order valence-electron chi connectivity index (χ0n) is 18.6. The van der Waals surface area contributed by atoms with E-state index in [2.05, 4.69) is 5.10 Å².